The van der Waals surface area contributed by atoms with Crippen LogP contribution in [0.1, 0.15) is 84.1 Å². The topological polar surface area (TPSA) is 63.1 Å². The summed E-state index contributed by atoms with van der Waals surface area (Å²) in [4.78, 5) is 26.1. The summed E-state index contributed by atoms with van der Waals surface area (Å²) in [5.41, 5.74) is 3.39. The van der Waals surface area contributed by atoms with Gasteiger partial charge in [-0.05, 0) is 63.0 Å². The molecule has 2 N–H and O–H groups in total. The maximum atomic E-state index is 13.2. The number of benzene rings is 1. The number of hydrogen-bond donors (Lipinski definition) is 2. The lowest BCUT2D eigenvalue weighted by molar-refractivity contribution is 0.0922. The van der Waals surface area contributed by atoms with Crippen LogP contribution in [-0.4, -0.2) is 22.4 Å². The van der Waals surface area contributed by atoms with E-state index in [-0.39, 0.29) is 23.9 Å². The largest absolute Gasteiger partial charge is 0.348 e. The van der Waals surface area contributed by atoms with Crippen molar-refractivity contribution in [2.24, 2.45) is 5.92 Å². The number of amides is 2. The number of fused-ring (bicyclic) bond motifs is 1. The molecule has 1 aliphatic heterocycles. The summed E-state index contributed by atoms with van der Waals surface area (Å²) in [6, 6.07) is 12.0. The molecule has 4 rings (SSSR count). The summed E-state index contributed by atoms with van der Waals surface area (Å²) in [5.74, 6) is 0.469. The standard InChI is InChI=1S/C24H31N3O2/c1-3-20(18-9-5-4-6-10-18)26-23(28)19-15-22(27-14-8-7-11-21(19)27)24(29)25-16(2)17-12-13-17/h4-6,9-10,15-17,20H,3,7-8,11-14H2,1-2H3,(H,25,29)(H,26,28). The van der Waals surface area contributed by atoms with Crippen molar-refractivity contribution in [2.45, 2.75) is 71.0 Å². The molecule has 154 valence electrons. The van der Waals surface area contributed by atoms with Gasteiger partial charge < -0.3 is 15.2 Å². The van der Waals surface area contributed by atoms with Crippen LogP contribution in [0, 0.1) is 5.92 Å². The summed E-state index contributed by atoms with van der Waals surface area (Å²) in [6.45, 7) is 4.96. The van der Waals surface area contributed by atoms with Crippen molar-refractivity contribution in [1.29, 1.82) is 0 Å². The highest BCUT2D eigenvalue weighted by Crippen LogP contribution is 2.32. The number of carbonyl (C=O) groups is 2. The number of aromatic nitrogens is 1. The Kier molecular flexibility index (Phi) is 5.74. The Morgan fingerprint density at radius 2 is 1.86 bits per heavy atom. The fourth-order valence-electron chi connectivity index (χ4n) is 4.40. The van der Waals surface area contributed by atoms with Crippen LogP contribution in [0.2, 0.25) is 0 Å². The Labute approximate surface area is 172 Å². The zero-order valence-electron chi connectivity index (χ0n) is 17.4. The summed E-state index contributed by atoms with van der Waals surface area (Å²) < 4.78 is 2.07. The smallest absolute Gasteiger partial charge is 0.268 e. The predicted octanol–water partition coefficient (Wildman–Crippen LogP) is 4.23. The highest BCUT2D eigenvalue weighted by atomic mass is 16.2. The van der Waals surface area contributed by atoms with Gasteiger partial charge in [-0.25, -0.2) is 0 Å². The molecule has 1 aromatic heterocycles. The molecule has 2 atom stereocenters. The molecule has 5 heteroatoms. The lowest BCUT2D eigenvalue weighted by atomic mass is 10.0. The van der Waals surface area contributed by atoms with Gasteiger partial charge in [-0.2, -0.15) is 0 Å². The van der Waals surface area contributed by atoms with Crippen molar-refractivity contribution in [1.82, 2.24) is 15.2 Å². The van der Waals surface area contributed by atoms with Gasteiger partial charge in [0.2, 0.25) is 0 Å². The Bertz CT molecular complexity index is 883. The van der Waals surface area contributed by atoms with Crippen LogP contribution in [0.5, 0.6) is 0 Å². The van der Waals surface area contributed by atoms with Gasteiger partial charge in [-0.15, -0.1) is 0 Å². The second-order valence-corrected chi connectivity index (χ2v) is 8.44. The van der Waals surface area contributed by atoms with Gasteiger partial charge in [0.05, 0.1) is 11.6 Å². The molecule has 2 aromatic rings. The van der Waals surface area contributed by atoms with E-state index in [0.717, 1.165) is 43.5 Å². The fourth-order valence-corrected chi connectivity index (χ4v) is 4.40. The molecule has 2 aliphatic rings. The molecular weight excluding hydrogens is 362 g/mol. The first-order valence-corrected chi connectivity index (χ1v) is 11.0. The van der Waals surface area contributed by atoms with E-state index in [1.54, 1.807) is 0 Å². The summed E-state index contributed by atoms with van der Waals surface area (Å²) >= 11 is 0. The van der Waals surface area contributed by atoms with Crippen LogP contribution in [0.4, 0.5) is 0 Å². The lowest BCUT2D eigenvalue weighted by Crippen LogP contribution is -2.35. The van der Waals surface area contributed by atoms with Crippen LogP contribution in [-0.2, 0) is 13.0 Å². The second-order valence-electron chi connectivity index (χ2n) is 8.44. The first-order valence-electron chi connectivity index (χ1n) is 11.0. The zero-order valence-corrected chi connectivity index (χ0v) is 17.4. The predicted molar refractivity (Wildman–Crippen MR) is 114 cm³/mol. The molecule has 0 bridgehead atoms. The van der Waals surface area contributed by atoms with Gasteiger partial charge in [0.1, 0.15) is 5.69 Å². The van der Waals surface area contributed by atoms with E-state index in [2.05, 4.69) is 29.0 Å². The van der Waals surface area contributed by atoms with Crippen molar-refractivity contribution >= 4 is 11.8 Å². The second kappa shape index (κ2) is 8.44. The van der Waals surface area contributed by atoms with Gasteiger partial charge in [0.15, 0.2) is 0 Å². The van der Waals surface area contributed by atoms with Crippen molar-refractivity contribution < 1.29 is 9.59 Å². The monoisotopic (exact) mass is 393 g/mol. The van der Waals surface area contributed by atoms with Crippen molar-refractivity contribution in [2.75, 3.05) is 0 Å². The molecule has 0 saturated heterocycles. The molecule has 5 nitrogen and oxygen atoms in total. The molecule has 2 heterocycles. The third kappa shape index (κ3) is 4.24. The Hall–Kier alpha value is -2.56. The molecule has 0 spiro atoms. The first-order chi connectivity index (χ1) is 14.1. The number of hydrogen-bond acceptors (Lipinski definition) is 2. The minimum Gasteiger partial charge on any atom is -0.348 e. The SMILES string of the molecule is CCC(NC(=O)c1cc(C(=O)NC(C)C2CC2)n2c1CCCC2)c1ccccc1. The Morgan fingerprint density at radius 1 is 1.10 bits per heavy atom. The Morgan fingerprint density at radius 3 is 2.55 bits per heavy atom. The van der Waals surface area contributed by atoms with Gasteiger partial charge >= 0.3 is 0 Å². The average molecular weight is 394 g/mol. The number of nitrogens with one attached hydrogen (secondary N) is 2. The third-order valence-electron chi connectivity index (χ3n) is 6.33. The van der Waals surface area contributed by atoms with E-state index in [0.29, 0.717) is 17.2 Å². The normalized spacial score (nSPS) is 17.9. The highest BCUT2D eigenvalue weighted by molar-refractivity contribution is 6.01. The van der Waals surface area contributed by atoms with Crippen molar-refractivity contribution in [3.05, 3.63) is 58.9 Å². The van der Waals surface area contributed by atoms with Crippen LogP contribution < -0.4 is 10.6 Å². The van der Waals surface area contributed by atoms with Crippen molar-refractivity contribution in [3.8, 4) is 0 Å². The van der Waals surface area contributed by atoms with Crippen molar-refractivity contribution in [3.63, 3.8) is 0 Å². The van der Waals surface area contributed by atoms with Crippen LogP contribution >= 0.6 is 0 Å². The molecule has 1 aromatic carbocycles. The van der Waals surface area contributed by atoms with Crippen LogP contribution in [0.15, 0.2) is 36.4 Å². The molecule has 2 unspecified atom stereocenters. The minimum absolute atomic E-state index is 0.0324. The van der Waals surface area contributed by atoms with Gasteiger partial charge in [-0.1, -0.05) is 37.3 Å². The van der Waals surface area contributed by atoms with E-state index >= 15 is 0 Å². The fraction of sp³-hybridized carbons (Fsp3) is 0.500. The summed E-state index contributed by atoms with van der Waals surface area (Å²) in [6.07, 6.45) is 6.15. The average Bonchev–Trinajstić information content (AvgIpc) is 3.53. The molecule has 1 saturated carbocycles. The van der Waals surface area contributed by atoms with E-state index in [1.807, 2.05) is 36.4 Å². The van der Waals surface area contributed by atoms with Gasteiger partial charge in [0, 0.05) is 18.3 Å². The maximum absolute atomic E-state index is 13.2. The molecule has 1 fully saturated rings. The quantitative estimate of drug-likeness (QED) is 0.739. The molecular formula is C24H31N3O2. The van der Waals surface area contributed by atoms with E-state index in [1.165, 1.54) is 12.8 Å². The lowest BCUT2D eigenvalue weighted by Gasteiger charge is -2.21. The summed E-state index contributed by atoms with van der Waals surface area (Å²) in [5, 5.41) is 6.33. The molecule has 2 amide bonds. The van der Waals surface area contributed by atoms with E-state index in [9.17, 15) is 9.59 Å². The van der Waals surface area contributed by atoms with Crippen LogP contribution in [0.3, 0.4) is 0 Å². The minimum atomic E-state index is -0.0827. The summed E-state index contributed by atoms with van der Waals surface area (Å²) in [7, 11) is 0. The maximum Gasteiger partial charge on any atom is 0.268 e. The van der Waals surface area contributed by atoms with Crippen LogP contribution in [0.25, 0.3) is 0 Å². The third-order valence-corrected chi connectivity index (χ3v) is 6.33. The van der Waals surface area contributed by atoms with E-state index in [4.69, 9.17) is 0 Å². The zero-order chi connectivity index (χ0) is 20.4. The number of nitrogens with zero attached hydrogens (tertiary/aromatic N) is 1. The highest BCUT2D eigenvalue weighted by Gasteiger charge is 2.31. The number of rotatable bonds is 7. The van der Waals surface area contributed by atoms with E-state index < -0.39 is 0 Å². The van der Waals surface area contributed by atoms with Gasteiger partial charge in [0.25, 0.3) is 11.8 Å². The number of carbonyl (C=O) groups excluding carboxylic acids is 2. The molecule has 1 aliphatic carbocycles. The first kappa shape index (κ1) is 19.7. The molecule has 0 radical (unpaired) electrons. The van der Waals surface area contributed by atoms with Gasteiger partial charge in [-0.3, -0.25) is 9.59 Å². The Balaban J connectivity index is 1.57. The molecule has 29 heavy (non-hydrogen) atoms.